The summed E-state index contributed by atoms with van der Waals surface area (Å²) in [7, 11) is 3.41. The molecule has 1 unspecified atom stereocenters. The van der Waals surface area contributed by atoms with E-state index in [1.165, 1.54) is 0 Å². The van der Waals surface area contributed by atoms with Crippen LogP contribution in [0.3, 0.4) is 0 Å². The van der Waals surface area contributed by atoms with E-state index in [2.05, 4.69) is 43.1 Å². The number of carbonyl (C=O) groups excluding carboxylic acids is 2. The summed E-state index contributed by atoms with van der Waals surface area (Å²) in [6.07, 6.45) is 6.89. The normalized spacial score (nSPS) is 11.8. The fourth-order valence-corrected chi connectivity index (χ4v) is 2.89. The topological polar surface area (TPSA) is 133 Å². The maximum atomic E-state index is 12.1. The average molecular weight is 411 g/mol. The van der Waals surface area contributed by atoms with Gasteiger partial charge in [-0.05, 0) is 30.9 Å². The molecule has 0 spiro atoms. The highest BCUT2D eigenvalue weighted by atomic mass is 16.2. The Kier molecular flexibility index (Phi) is 6.83. The van der Waals surface area contributed by atoms with Gasteiger partial charge in [-0.1, -0.05) is 12.1 Å². The minimum Gasteiger partial charge on any atom is -0.354 e. The molecule has 0 aliphatic carbocycles. The second kappa shape index (κ2) is 9.72. The number of nitrogens with zero attached hydrogens (tertiary/aromatic N) is 7. The number of hydrogen-bond acceptors (Lipinski definition) is 7. The average Bonchev–Trinajstić information content (AvgIpc) is 3.35. The zero-order chi connectivity index (χ0) is 21.5. The summed E-state index contributed by atoms with van der Waals surface area (Å²) in [6.45, 7) is 2.75. The third-order valence-corrected chi connectivity index (χ3v) is 4.48. The van der Waals surface area contributed by atoms with Crippen LogP contribution in [0.2, 0.25) is 0 Å². The molecule has 3 heterocycles. The Bertz CT molecular complexity index is 994. The molecule has 11 heteroatoms. The first-order valence-electron chi connectivity index (χ1n) is 9.64. The van der Waals surface area contributed by atoms with Gasteiger partial charge in [0, 0.05) is 26.8 Å². The molecule has 11 nitrogen and oxygen atoms in total. The molecule has 0 aliphatic rings. The van der Waals surface area contributed by atoms with Crippen LogP contribution in [0, 0.1) is 5.92 Å². The minimum absolute atomic E-state index is 0.186. The first-order valence-corrected chi connectivity index (χ1v) is 9.64. The van der Waals surface area contributed by atoms with Crippen LogP contribution in [0.1, 0.15) is 35.2 Å². The van der Waals surface area contributed by atoms with Gasteiger partial charge < -0.3 is 15.2 Å². The largest absolute Gasteiger partial charge is 0.354 e. The van der Waals surface area contributed by atoms with Crippen LogP contribution in [0.5, 0.6) is 0 Å². The van der Waals surface area contributed by atoms with Crippen molar-refractivity contribution in [3.8, 4) is 0 Å². The van der Waals surface area contributed by atoms with E-state index < -0.39 is 0 Å². The Balaban J connectivity index is 1.44. The fourth-order valence-electron chi connectivity index (χ4n) is 2.89. The summed E-state index contributed by atoms with van der Waals surface area (Å²) in [5, 5.41) is 21.4. The summed E-state index contributed by atoms with van der Waals surface area (Å²) in [4.78, 5) is 27.7. The number of hydrogen-bond donors (Lipinski definition) is 2. The van der Waals surface area contributed by atoms with Gasteiger partial charge in [-0.3, -0.25) is 14.3 Å². The summed E-state index contributed by atoms with van der Waals surface area (Å²) < 4.78 is 3.46. The number of aryl methyl sites for hydroxylation is 2. The van der Waals surface area contributed by atoms with E-state index >= 15 is 0 Å². The van der Waals surface area contributed by atoms with E-state index in [9.17, 15) is 9.59 Å². The second-order valence-corrected chi connectivity index (χ2v) is 7.21. The third-order valence-electron chi connectivity index (χ3n) is 4.48. The fraction of sp³-hybridized carbons (Fsp3) is 0.421. The van der Waals surface area contributed by atoms with Crippen molar-refractivity contribution in [2.75, 3.05) is 12.4 Å². The van der Waals surface area contributed by atoms with Crippen molar-refractivity contribution < 1.29 is 9.59 Å². The molecule has 0 saturated heterocycles. The van der Waals surface area contributed by atoms with Crippen molar-refractivity contribution >= 4 is 17.6 Å². The van der Waals surface area contributed by atoms with Crippen molar-refractivity contribution in [1.82, 2.24) is 40.1 Å². The SMILES string of the molecule is CNC(=O)c1cn(CC(C)CCc2ccc(NC(=O)Cc3cn(C)cn3)nn2)nn1. The van der Waals surface area contributed by atoms with Crippen LogP contribution < -0.4 is 10.6 Å². The molecule has 0 aliphatic heterocycles. The molecule has 1 atom stereocenters. The summed E-state index contributed by atoms with van der Waals surface area (Å²) in [5.41, 5.74) is 1.84. The lowest BCUT2D eigenvalue weighted by molar-refractivity contribution is -0.115. The van der Waals surface area contributed by atoms with E-state index in [4.69, 9.17) is 0 Å². The van der Waals surface area contributed by atoms with Gasteiger partial charge >= 0.3 is 0 Å². The van der Waals surface area contributed by atoms with Crippen LogP contribution in [0.4, 0.5) is 5.82 Å². The Hall–Kier alpha value is -3.63. The van der Waals surface area contributed by atoms with Crippen molar-refractivity contribution in [3.05, 3.63) is 47.9 Å². The Labute approximate surface area is 173 Å². The van der Waals surface area contributed by atoms with Gasteiger partial charge in [-0.25, -0.2) is 4.98 Å². The summed E-state index contributed by atoms with van der Waals surface area (Å²) in [5.74, 6) is 0.283. The smallest absolute Gasteiger partial charge is 0.273 e. The van der Waals surface area contributed by atoms with Gasteiger partial charge in [0.1, 0.15) is 0 Å². The Morgan fingerprint density at radius 3 is 2.63 bits per heavy atom. The Morgan fingerprint density at radius 1 is 1.13 bits per heavy atom. The minimum atomic E-state index is -0.253. The standard InChI is InChI=1S/C19H25N9O2/c1-13(9-28-11-16(24-26-28)19(30)20-2)4-5-14-6-7-17(25-23-14)22-18(29)8-15-10-27(3)12-21-15/h6-7,10-13H,4-5,8-9H2,1-3H3,(H,20,30)(H,22,25,29). The first kappa shape index (κ1) is 21.1. The van der Waals surface area contributed by atoms with Gasteiger partial charge in [-0.2, -0.15) is 5.10 Å². The molecular formula is C19H25N9O2. The number of aromatic nitrogens is 7. The number of nitrogens with one attached hydrogen (secondary N) is 2. The highest BCUT2D eigenvalue weighted by Gasteiger charge is 2.12. The van der Waals surface area contributed by atoms with E-state index in [1.807, 2.05) is 13.1 Å². The molecule has 158 valence electrons. The number of anilines is 1. The maximum absolute atomic E-state index is 12.1. The molecule has 0 aromatic carbocycles. The van der Waals surface area contributed by atoms with Gasteiger partial charge in [0.2, 0.25) is 5.91 Å². The van der Waals surface area contributed by atoms with E-state index in [-0.39, 0.29) is 18.2 Å². The van der Waals surface area contributed by atoms with Crippen molar-refractivity contribution in [2.45, 2.75) is 32.7 Å². The van der Waals surface area contributed by atoms with Gasteiger partial charge in [0.05, 0.1) is 30.3 Å². The molecule has 3 aromatic rings. The number of carbonyl (C=O) groups is 2. The molecule has 2 amide bonds. The van der Waals surface area contributed by atoms with E-state index in [0.29, 0.717) is 29.7 Å². The van der Waals surface area contributed by atoms with Crippen LogP contribution in [-0.4, -0.2) is 53.6 Å². The highest BCUT2D eigenvalue weighted by Crippen LogP contribution is 2.11. The lowest BCUT2D eigenvalue weighted by atomic mass is 10.0. The molecule has 3 rings (SSSR count). The predicted octanol–water partition coefficient (Wildman–Crippen LogP) is 0.611. The summed E-state index contributed by atoms with van der Waals surface area (Å²) >= 11 is 0. The quantitative estimate of drug-likeness (QED) is 0.527. The van der Waals surface area contributed by atoms with Crippen LogP contribution in [0.15, 0.2) is 30.9 Å². The predicted molar refractivity (Wildman–Crippen MR) is 108 cm³/mol. The van der Waals surface area contributed by atoms with Crippen LogP contribution in [-0.2, 0) is 31.2 Å². The van der Waals surface area contributed by atoms with Crippen molar-refractivity contribution in [2.24, 2.45) is 13.0 Å². The van der Waals surface area contributed by atoms with Gasteiger partial charge in [-0.15, -0.1) is 10.2 Å². The Morgan fingerprint density at radius 2 is 1.97 bits per heavy atom. The van der Waals surface area contributed by atoms with Crippen LogP contribution >= 0.6 is 0 Å². The van der Waals surface area contributed by atoms with E-state index in [0.717, 1.165) is 18.5 Å². The molecule has 3 aromatic heterocycles. The molecular weight excluding hydrogens is 386 g/mol. The molecule has 2 N–H and O–H groups in total. The highest BCUT2D eigenvalue weighted by molar-refractivity contribution is 5.91. The monoisotopic (exact) mass is 411 g/mol. The second-order valence-electron chi connectivity index (χ2n) is 7.21. The molecule has 30 heavy (non-hydrogen) atoms. The molecule has 0 saturated carbocycles. The lowest BCUT2D eigenvalue weighted by Crippen LogP contribution is -2.18. The van der Waals surface area contributed by atoms with Gasteiger partial charge in [0.25, 0.3) is 5.91 Å². The number of amides is 2. The summed E-state index contributed by atoms with van der Waals surface area (Å²) in [6, 6.07) is 3.60. The lowest BCUT2D eigenvalue weighted by Gasteiger charge is -2.10. The van der Waals surface area contributed by atoms with E-state index in [1.54, 1.807) is 41.1 Å². The first-order chi connectivity index (χ1) is 14.4. The van der Waals surface area contributed by atoms with Crippen molar-refractivity contribution in [1.29, 1.82) is 0 Å². The molecule has 0 radical (unpaired) electrons. The zero-order valence-electron chi connectivity index (χ0n) is 17.2. The molecule has 0 fully saturated rings. The van der Waals surface area contributed by atoms with Gasteiger partial charge in [0.15, 0.2) is 11.5 Å². The number of imidazole rings is 1. The number of rotatable bonds is 9. The molecule has 0 bridgehead atoms. The maximum Gasteiger partial charge on any atom is 0.273 e. The third kappa shape index (κ3) is 5.93. The van der Waals surface area contributed by atoms with Crippen molar-refractivity contribution in [3.63, 3.8) is 0 Å². The van der Waals surface area contributed by atoms with Crippen LogP contribution in [0.25, 0.3) is 0 Å². The zero-order valence-corrected chi connectivity index (χ0v) is 17.2.